The first-order valence-electron chi connectivity index (χ1n) is 3.94. The zero-order valence-electron chi connectivity index (χ0n) is 7.58. The lowest BCUT2D eigenvalue weighted by molar-refractivity contribution is 0.221. The standard InChI is InChI=1S/C7H10N2O4S/c1-2-14(11,12)13-6-9-7(10)4-3-5-8-9/h3-5H,2,6H2,1H3. The van der Waals surface area contributed by atoms with Crippen molar-refractivity contribution in [2.75, 3.05) is 5.75 Å². The highest BCUT2D eigenvalue weighted by Crippen LogP contribution is 1.92. The smallest absolute Gasteiger partial charge is 0.268 e. The van der Waals surface area contributed by atoms with Crippen molar-refractivity contribution < 1.29 is 12.6 Å². The monoisotopic (exact) mass is 218 g/mol. The van der Waals surface area contributed by atoms with Crippen molar-refractivity contribution in [3.05, 3.63) is 28.7 Å². The minimum absolute atomic E-state index is 0.130. The zero-order valence-corrected chi connectivity index (χ0v) is 8.40. The lowest BCUT2D eigenvalue weighted by Crippen LogP contribution is -2.24. The Balaban J connectivity index is 2.73. The highest BCUT2D eigenvalue weighted by molar-refractivity contribution is 7.86. The molecule has 0 saturated carbocycles. The van der Waals surface area contributed by atoms with Gasteiger partial charge in [-0.15, -0.1) is 0 Å². The third kappa shape index (κ3) is 2.93. The fourth-order valence-corrected chi connectivity index (χ4v) is 1.12. The second kappa shape index (κ2) is 4.34. The average molecular weight is 218 g/mol. The van der Waals surface area contributed by atoms with Gasteiger partial charge in [0.2, 0.25) is 0 Å². The topological polar surface area (TPSA) is 78.3 Å². The Morgan fingerprint density at radius 1 is 1.57 bits per heavy atom. The maximum absolute atomic E-state index is 11.1. The molecule has 0 aromatic carbocycles. The molecule has 0 aliphatic heterocycles. The van der Waals surface area contributed by atoms with Gasteiger partial charge in [0.1, 0.15) is 0 Å². The van der Waals surface area contributed by atoms with Crippen LogP contribution in [0.15, 0.2) is 23.1 Å². The molecule has 1 rings (SSSR count). The summed E-state index contributed by atoms with van der Waals surface area (Å²) >= 11 is 0. The molecule has 0 N–H and O–H groups in total. The van der Waals surface area contributed by atoms with E-state index < -0.39 is 15.7 Å². The van der Waals surface area contributed by atoms with Crippen molar-refractivity contribution >= 4 is 10.1 Å². The Morgan fingerprint density at radius 2 is 2.29 bits per heavy atom. The summed E-state index contributed by atoms with van der Waals surface area (Å²) in [4.78, 5) is 11.1. The van der Waals surface area contributed by atoms with E-state index in [-0.39, 0.29) is 12.5 Å². The van der Waals surface area contributed by atoms with Gasteiger partial charge >= 0.3 is 0 Å². The van der Waals surface area contributed by atoms with Gasteiger partial charge < -0.3 is 0 Å². The molecular formula is C7H10N2O4S. The van der Waals surface area contributed by atoms with Crippen molar-refractivity contribution in [1.29, 1.82) is 0 Å². The Bertz CT molecular complexity index is 451. The Labute approximate surface area is 81.3 Å². The van der Waals surface area contributed by atoms with Gasteiger partial charge in [-0.1, -0.05) is 0 Å². The second-order valence-electron chi connectivity index (χ2n) is 2.45. The predicted octanol–water partition coefficient (Wildman–Crippen LogP) is -0.433. The molecule has 0 aliphatic rings. The van der Waals surface area contributed by atoms with Crippen LogP contribution in [0.4, 0.5) is 0 Å². The van der Waals surface area contributed by atoms with E-state index in [0.29, 0.717) is 0 Å². The molecule has 7 heteroatoms. The predicted molar refractivity (Wildman–Crippen MR) is 49.0 cm³/mol. The number of hydrogen-bond donors (Lipinski definition) is 0. The summed E-state index contributed by atoms with van der Waals surface area (Å²) in [5, 5.41) is 3.63. The molecule has 1 aromatic rings. The van der Waals surface area contributed by atoms with Gasteiger partial charge in [-0.25, -0.2) is 8.86 Å². The molecule has 6 nitrogen and oxygen atoms in total. The van der Waals surface area contributed by atoms with E-state index in [1.165, 1.54) is 25.3 Å². The number of rotatable bonds is 4. The third-order valence-electron chi connectivity index (χ3n) is 1.49. The first-order valence-corrected chi connectivity index (χ1v) is 5.52. The molecule has 0 atom stereocenters. The number of nitrogens with zero attached hydrogens (tertiary/aromatic N) is 2. The van der Waals surface area contributed by atoms with E-state index in [1.807, 2.05) is 0 Å². The molecule has 1 heterocycles. The Kier molecular flexibility index (Phi) is 3.37. The zero-order chi connectivity index (χ0) is 10.6. The molecule has 0 saturated heterocycles. The molecule has 0 fully saturated rings. The second-order valence-corrected chi connectivity index (χ2v) is 4.38. The van der Waals surface area contributed by atoms with Crippen LogP contribution in [0, 0.1) is 0 Å². The van der Waals surface area contributed by atoms with Gasteiger partial charge in [-0.3, -0.25) is 4.79 Å². The Morgan fingerprint density at radius 3 is 2.86 bits per heavy atom. The van der Waals surface area contributed by atoms with E-state index >= 15 is 0 Å². The molecule has 1 aromatic heterocycles. The molecule has 0 spiro atoms. The molecule has 0 bridgehead atoms. The summed E-state index contributed by atoms with van der Waals surface area (Å²) < 4.78 is 27.3. The minimum atomic E-state index is -3.53. The maximum atomic E-state index is 11.1. The van der Waals surface area contributed by atoms with E-state index in [1.54, 1.807) is 0 Å². The van der Waals surface area contributed by atoms with Gasteiger partial charge in [0, 0.05) is 12.3 Å². The fraction of sp³-hybridized carbons (Fsp3) is 0.429. The van der Waals surface area contributed by atoms with Crippen LogP contribution in [0.1, 0.15) is 6.92 Å². The van der Waals surface area contributed by atoms with Crippen LogP contribution in [-0.2, 0) is 21.0 Å². The van der Waals surface area contributed by atoms with Crippen molar-refractivity contribution in [2.45, 2.75) is 13.7 Å². The van der Waals surface area contributed by atoms with Crippen LogP contribution in [-0.4, -0.2) is 24.0 Å². The minimum Gasteiger partial charge on any atom is -0.268 e. The molecule has 0 amide bonds. The molecule has 0 aliphatic carbocycles. The molecule has 14 heavy (non-hydrogen) atoms. The van der Waals surface area contributed by atoms with Crippen LogP contribution in [0.25, 0.3) is 0 Å². The molecule has 0 unspecified atom stereocenters. The van der Waals surface area contributed by atoms with Crippen molar-refractivity contribution in [3.8, 4) is 0 Å². The number of aromatic nitrogens is 2. The van der Waals surface area contributed by atoms with Gasteiger partial charge in [0.05, 0.1) is 5.75 Å². The summed E-state index contributed by atoms with van der Waals surface area (Å²) in [5.74, 6) is -0.130. The highest BCUT2D eigenvalue weighted by Gasteiger charge is 2.07. The summed E-state index contributed by atoms with van der Waals surface area (Å²) in [7, 11) is -3.53. The first-order chi connectivity index (χ1) is 6.55. The lowest BCUT2D eigenvalue weighted by Gasteiger charge is -2.03. The lowest BCUT2D eigenvalue weighted by atomic mass is 10.6. The summed E-state index contributed by atoms with van der Waals surface area (Å²) in [5.41, 5.74) is -0.404. The molecule has 0 radical (unpaired) electrons. The van der Waals surface area contributed by atoms with Gasteiger partial charge in [0.15, 0.2) is 6.73 Å². The third-order valence-corrected chi connectivity index (χ3v) is 2.67. The van der Waals surface area contributed by atoms with Crippen LogP contribution in [0.2, 0.25) is 0 Å². The van der Waals surface area contributed by atoms with Crippen LogP contribution in [0.5, 0.6) is 0 Å². The Hall–Kier alpha value is -1.21. The van der Waals surface area contributed by atoms with E-state index in [9.17, 15) is 13.2 Å². The van der Waals surface area contributed by atoms with Crippen molar-refractivity contribution in [2.24, 2.45) is 0 Å². The van der Waals surface area contributed by atoms with Crippen LogP contribution >= 0.6 is 0 Å². The summed E-state index contributed by atoms with van der Waals surface area (Å²) in [6.45, 7) is 1.08. The summed E-state index contributed by atoms with van der Waals surface area (Å²) in [6.07, 6.45) is 1.38. The van der Waals surface area contributed by atoms with Gasteiger partial charge in [-0.05, 0) is 13.0 Å². The highest BCUT2D eigenvalue weighted by atomic mass is 32.2. The molecule has 78 valence electrons. The van der Waals surface area contributed by atoms with E-state index in [0.717, 1.165) is 4.68 Å². The van der Waals surface area contributed by atoms with Gasteiger partial charge in [0.25, 0.3) is 15.7 Å². The van der Waals surface area contributed by atoms with Gasteiger partial charge in [-0.2, -0.15) is 13.5 Å². The van der Waals surface area contributed by atoms with Crippen LogP contribution < -0.4 is 5.56 Å². The summed E-state index contributed by atoms with van der Waals surface area (Å²) in [6, 6.07) is 2.74. The van der Waals surface area contributed by atoms with E-state index in [2.05, 4.69) is 9.28 Å². The normalized spacial score (nSPS) is 11.5. The average Bonchev–Trinajstić information content (AvgIpc) is 2.17. The van der Waals surface area contributed by atoms with Crippen molar-refractivity contribution in [3.63, 3.8) is 0 Å². The fourth-order valence-electron chi connectivity index (χ4n) is 0.698. The number of hydrogen-bond acceptors (Lipinski definition) is 5. The first kappa shape index (κ1) is 10.9. The molecular weight excluding hydrogens is 208 g/mol. The van der Waals surface area contributed by atoms with Crippen LogP contribution in [0.3, 0.4) is 0 Å². The SMILES string of the molecule is CCS(=O)(=O)OCn1ncccc1=O. The van der Waals surface area contributed by atoms with Crippen molar-refractivity contribution in [1.82, 2.24) is 9.78 Å². The largest absolute Gasteiger partial charge is 0.268 e. The maximum Gasteiger partial charge on any atom is 0.268 e. The quantitative estimate of drug-likeness (QED) is 0.640. The van der Waals surface area contributed by atoms with E-state index in [4.69, 9.17) is 0 Å².